The van der Waals surface area contributed by atoms with Crippen LogP contribution in [0.4, 0.5) is 23.2 Å². The minimum absolute atomic E-state index is 0.00642. The Balaban J connectivity index is 1.68. The van der Waals surface area contributed by atoms with E-state index in [0.717, 1.165) is 6.07 Å². The second-order valence-corrected chi connectivity index (χ2v) is 10.8. The highest BCUT2D eigenvalue weighted by atomic mass is 32.2. The number of nitrogens with zero attached hydrogens (tertiary/aromatic N) is 3. The summed E-state index contributed by atoms with van der Waals surface area (Å²) in [5, 5.41) is 6.98. The van der Waals surface area contributed by atoms with E-state index in [-0.39, 0.29) is 33.8 Å². The van der Waals surface area contributed by atoms with Crippen LogP contribution in [0.25, 0.3) is 22.3 Å². The third-order valence-electron chi connectivity index (χ3n) is 6.06. The van der Waals surface area contributed by atoms with Gasteiger partial charge in [0.05, 0.1) is 45.6 Å². The second kappa shape index (κ2) is 8.70. The Labute approximate surface area is 202 Å². The molecule has 1 aliphatic rings. The van der Waals surface area contributed by atoms with Gasteiger partial charge in [-0.3, -0.25) is 4.79 Å². The van der Waals surface area contributed by atoms with Crippen molar-refractivity contribution >= 4 is 32.5 Å². The summed E-state index contributed by atoms with van der Waals surface area (Å²) in [6.07, 6.45) is 0.308. The van der Waals surface area contributed by atoms with E-state index >= 15 is 0 Å². The number of pyridine rings is 1. The molecule has 7 nitrogen and oxygen atoms in total. The highest BCUT2D eigenvalue weighted by Crippen LogP contribution is 2.33. The quantitative estimate of drug-likeness (QED) is 0.316. The molecule has 1 aliphatic heterocycles. The molecule has 0 radical (unpaired) electrons. The van der Waals surface area contributed by atoms with Crippen LogP contribution in [0.5, 0.6) is 0 Å². The summed E-state index contributed by atoms with van der Waals surface area (Å²) in [4.78, 5) is 17.9. The molecule has 2 aromatic carbocycles. The van der Waals surface area contributed by atoms with E-state index in [1.165, 1.54) is 35.0 Å². The zero-order valence-electron chi connectivity index (χ0n) is 18.7. The van der Waals surface area contributed by atoms with Gasteiger partial charge in [0.25, 0.3) is 5.91 Å². The number of carbonyl (C=O) groups is 1. The Bertz CT molecular complexity index is 1640. The van der Waals surface area contributed by atoms with Gasteiger partial charge < -0.3 is 5.32 Å². The van der Waals surface area contributed by atoms with Crippen LogP contribution >= 0.6 is 0 Å². The monoisotopic (exact) mass is 518 g/mol. The van der Waals surface area contributed by atoms with Gasteiger partial charge in [-0.1, -0.05) is 0 Å². The van der Waals surface area contributed by atoms with Crippen LogP contribution in [-0.2, 0) is 9.84 Å². The predicted octanol–water partition coefficient (Wildman–Crippen LogP) is 4.58. The number of sulfone groups is 1. The predicted molar refractivity (Wildman–Crippen MR) is 124 cm³/mol. The van der Waals surface area contributed by atoms with E-state index in [2.05, 4.69) is 15.4 Å². The third kappa shape index (κ3) is 4.21. The molecule has 12 heteroatoms. The number of anilines is 1. The SMILES string of the molecule is Cc1nn(C2CCS(=O)(=O)C2)c2nc(-c3ccc(F)cc3)cc(C(=O)Nc3ccc(F)c(F)c3F)c12. The van der Waals surface area contributed by atoms with Crippen molar-refractivity contribution in [1.29, 1.82) is 0 Å². The number of carbonyl (C=O) groups excluding carboxylic acids is 1. The molecule has 1 amide bonds. The van der Waals surface area contributed by atoms with E-state index in [1.54, 1.807) is 6.92 Å². The number of hydrogen-bond donors (Lipinski definition) is 1. The molecule has 0 bridgehead atoms. The lowest BCUT2D eigenvalue weighted by molar-refractivity contribution is 0.102. The molecule has 1 unspecified atom stereocenters. The standard InChI is InChI=1S/C24H18F4N4O3S/c1-12-20-16(24(33)30-18-7-6-17(26)21(27)22(18)28)10-19(13-2-4-14(25)5-3-13)29-23(20)32(31-12)15-8-9-36(34,35)11-15/h2-7,10,15H,8-9,11H2,1H3,(H,30,33). The Morgan fingerprint density at radius 2 is 1.78 bits per heavy atom. The topological polar surface area (TPSA) is 93.9 Å². The molecule has 2 aromatic heterocycles. The van der Waals surface area contributed by atoms with Gasteiger partial charge in [-0.15, -0.1) is 0 Å². The number of aromatic nitrogens is 3. The smallest absolute Gasteiger partial charge is 0.256 e. The number of amides is 1. The molecular weight excluding hydrogens is 500 g/mol. The molecule has 0 saturated carbocycles. The molecule has 1 saturated heterocycles. The third-order valence-corrected chi connectivity index (χ3v) is 7.81. The van der Waals surface area contributed by atoms with Crippen molar-refractivity contribution in [3.8, 4) is 11.3 Å². The fourth-order valence-electron chi connectivity index (χ4n) is 4.30. The van der Waals surface area contributed by atoms with Crippen LogP contribution in [0.1, 0.15) is 28.5 Å². The molecule has 1 N–H and O–H groups in total. The minimum Gasteiger partial charge on any atom is -0.319 e. The lowest BCUT2D eigenvalue weighted by atomic mass is 10.0. The summed E-state index contributed by atoms with van der Waals surface area (Å²) in [5.41, 5.74) is 0.708. The maximum atomic E-state index is 14.2. The van der Waals surface area contributed by atoms with Crippen LogP contribution in [0.2, 0.25) is 0 Å². The van der Waals surface area contributed by atoms with Crippen molar-refractivity contribution in [2.24, 2.45) is 0 Å². The maximum absolute atomic E-state index is 14.2. The van der Waals surface area contributed by atoms with Gasteiger partial charge in [0, 0.05) is 5.56 Å². The first-order valence-corrected chi connectivity index (χ1v) is 12.7. The number of aryl methyl sites for hydroxylation is 1. The van der Waals surface area contributed by atoms with Gasteiger partial charge in [-0.05, 0) is 55.8 Å². The molecule has 1 fully saturated rings. The lowest BCUT2D eigenvalue weighted by Gasteiger charge is -2.13. The molecule has 1 atom stereocenters. The van der Waals surface area contributed by atoms with Crippen LogP contribution in [0, 0.1) is 30.2 Å². The van der Waals surface area contributed by atoms with Gasteiger partial charge >= 0.3 is 0 Å². The average Bonchev–Trinajstić information content (AvgIpc) is 3.38. The molecule has 36 heavy (non-hydrogen) atoms. The highest BCUT2D eigenvalue weighted by Gasteiger charge is 2.32. The first-order chi connectivity index (χ1) is 17.0. The van der Waals surface area contributed by atoms with E-state index in [9.17, 15) is 30.8 Å². The van der Waals surface area contributed by atoms with E-state index in [4.69, 9.17) is 0 Å². The summed E-state index contributed by atoms with van der Waals surface area (Å²) in [6.45, 7) is 1.61. The Hall–Kier alpha value is -3.80. The fraction of sp³-hybridized carbons (Fsp3) is 0.208. The van der Waals surface area contributed by atoms with Crippen molar-refractivity contribution in [1.82, 2.24) is 14.8 Å². The van der Waals surface area contributed by atoms with Crippen molar-refractivity contribution in [3.05, 3.63) is 77.0 Å². The maximum Gasteiger partial charge on any atom is 0.256 e. The number of benzene rings is 2. The van der Waals surface area contributed by atoms with Crippen molar-refractivity contribution in [3.63, 3.8) is 0 Å². The van der Waals surface area contributed by atoms with Crippen LogP contribution < -0.4 is 5.32 Å². The number of halogens is 4. The summed E-state index contributed by atoms with van der Waals surface area (Å²) < 4.78 is 80.4. The lowest BCUT2D eigenvalue weighted by Crippen LogP contribution is -2.16. The van der Waals surface area contributed by atoms with Gasteiger partial charge in [0.15, 0.2) is 32.9 Å². The second-order valence-electron chi connectivity index (χ2n) is 8.52. The highest BCUT2D eigenvalue weighted by molar-refractivity contribution is 7.91. The molecule has 0 spiro atoms. The van der Waals surface area contributed by atoms with Gasteiger partial charge in [-0.2, -0.15) is 5.10 Å². The first kappa shape index (κ1) is 23.9. The molecule has 186 valence electrons. The minimum atomic E-state index is -3.27. The molecular formula is C24H18F4N4O3S. The largest absolute Gasteiger partial charge is 0.319 e. The van der Waals surface area contributed by atoms with E-state index in [1.807, 2.05) is 0 Å². The number of hydrogen-bond acceptors (Lipinski definition) is 5. The molecule has 0 aliphatic carbocycles. The van der Waals surface area contributed by atoms with Gasteiger partial charge in [0.2, 0.25) is 0 Å². The average molecular weight is 518 g/mol. The van der Waals surface area contributed by atoms with Crippen LogP contribution in [0.15, 0.2) is 42.5 Å². The first-order valence-electron chi connectivity index (χ1n) is 10.8. The summed E-state index contributed by atoms with van der Waals surface area (Å²) in [6, 6.07) is 7.79. The van der Waals surface area contributed by atoms with Crippen molar-refractivity contribution in [2.45, 2.75) is 19.4 Å². The Kier molecular flexibility index (Phi) is 5.78. The number of rotatable bonds is 4. The summed E-state index contributed by atoms with van der Waals surface area (Å²) in [5.74, 6) is -6.19. The number of nitrogens with one attached hydrogen (secondary N) is 1. The van der Waals surface area contributed by atoms with Crippen molar-refractivity contribution < 1.29 is 30.8 Å². The van der Waals surface area contributed by atoms with Gasteiger partial charge in [-0.25, -0.2) is 35.6 Å². The Morgan fingerprint density at radius 3 is 2.44 bits per heavy atom. The van der Waals surface area contributed by atoms with Crippen molar-refractivity contribution in [2.75, 3.05) is 16.8 Å². The molecule has 4 aromatic rings. The van der Waals surface area contributed by atoms with E-state index < -0.39 is 50.7 Å². The molecule has 5 rings (SSSR count). The van der Waals surface area contributed by atoms with E-state index in [0.29, 0.717) is 23.7 Å². The summed E-state index contributed by atoms with van der Waals surface area (Å²) in [7, 11) is -3.27. The normalized spacial score (nSPS) is 17.0. The van der Waals surface area contributed by atoms with Crippen LogP contribution in [-0.4, -0.2) is 40.6 Å². The van der Waals surface area contributed by atoms with Crippen LogP contribution in [0.3, 0.4) is 0 Å². The fourth-order valence-corrected chi connectivity index (χ4v) is 5.99. The Morgan fingerprint density at radius 1 is 1.06 bits per heavy atom. The zero-order valence-corrected chi connectivity index (χ0v) is 19.5. The zero-order chi connectivity index (χ0) is 25.8. The molecule has 3 heterocycles. The number of fused-ring (bicyclic) bond motifs is 1. The van der Waals surface area contributed by atoms with Gasteiger partial charge in [0.1, 0.15) is 5.82 Å². The summed E-state index contributed by atoms with van der Waals surface area (Å²) >= 11 is 0.